The van der Waals surface area contributed by atoms with E-state index < -0.39 is 0 Å². The molecule has 78 valence electrons. The van der Waals surface area contributed by atoms with Crippen LogP contribution in [0.4, 0.5) is 0 Å². The molecule has 1 aromatic heterocycles. The lowest BCUT2D eigenvalue weighted by Crippen LogP contribution is -2.32. The topological polar surface area (TPSA) is 3.88 Å². The summed E-state index contributed by atoms with van der Waals surface area (Å²) in [6, 6.07) is 17.3. The summed E-state index contributed by atoms with van der Waals surface area (Å²) in [5.41, 5.74) is 1.31. The van der Waals surface area contributed by atoms with Gasteiger partial charge in [-0.05, 0) is 29.8 Å². The van der Waals surface area contributed by atoms with Crippen LogP contribution in [0.3, 0.4) is 0 Å². The molecule has 3 aromatic rings. The van der Waals surface area contributed by atoms with Gasteiger partial charge < -0.3 is 0 Å². The first-order chi connectivity index (χ1) is 7.90. The molecule has 0 radical (unpaired) electrons. The van der Waals surface area contributed by atoms with Gasteiger partial charge in [0, 0.05) is 12.1 Å². The van der Waals surface area contributed by atoms with Gasteiger partial charge in [0.05, 0.1) is 5.39 Å². The van der Waals surface area contributed by atoms with E-state index in [9.17, 15) is 0 Å². The standard InChI is InChI=1S/C15H14N/c1-2-16-11-5-8-14-13-7-4-3-6-12(13)9-10-15(14)16/h3-11H,2H2,1H3/q+1. The second-order valence-electron chi connectivity index (χ2n) is 4.01. The van der Waals surface area contributed by atoms with Gasteiger partial charge in [0.25, 0.3) is 0 Å². The van der Waals surface area contributed by atoms with Crippen molar-refractivity contribution in [2.24, 2.45) is 0 Å². The van der Waals surface area contributed by atoms with Crippen LogP contribution < -0.4 is 4.57 Å². The molecule has 16 heavy (non-hydrogen) atoms. The molecular weight excluding hydrogens is 194 g/mol. The third-order valence-electron chi connectivity index (χ3n) is 3.13. The SMILES string of the molecule is CC[n+]1cccc2c3ccccc3ccc21. The summed E-state index contributed by atoms with van der Waals surface area (Å²) in [7, 11) is 0. The van der Waals surface area contributed by atoms with E-state index in [1.165, 1.54) is 21.7 Å². The van der Waals surface area contributed by atoms with Gasteiger partial charge in [0.15, 0.2) is 6.20 Å². The van der Waals surface area contributed by atoms with E-state index in [1.54, 1.807) is 0 Å². The Labute approximate surface area is 95.0 Å². The van der Waals surface area contributed by atoms with Gasteiger partial charge in [-0.1, -0.05) is 24.3 Å². The second kappa shape index (κ2) is 3.60. The fraction of sp³-hybridized carbons (Fsp3) is 0.133. The number of rotatable bonds is 1. The second-order valence-corrected chi connectivity index (χ2v) is 4.01. The molecule has 0 amide bonds. The third-order valence-corrected chi connectivity index (χ3v) is 3.13. The quantitative estimate of drug-likeness (QED) is 0.427. The van der Waals surface area contributed by atoms with Crippen molar-refractivity contribution in [3.63, 3.8) is 0 Å². The molecule has 0 aliphatic rings. The maximum absolute atomic E-state index is 2.28. The van der Waals surface area contributed by atoms with Crippen molar-refractivity contribution >= 4 is 21.7 Å². The van der Waals surface area contributed by atoms with Crippen LogP contribution in [0.5, 0.6) is 0 Å². The molecule has 0 saturated heterocycles. The van der Waals surface area contributed by atoms with Crippen LogP contribution in [0.1, 0.15) is 6.92 Å². The summed E-state index contributed by atoms with van der Waals surface area (Å²) in [4.78, 5) is 0. The maximum atomic E-state index is 2.28. The third kappa shape index (κ3) is 1.28. The summed E-state index contributed by atoms with van der Waals surface area (Å²) < 4.78 is 2.28. The predicted molar refractivity (Wildman–Crippen MR) is 67.3 cm³/mol. The Morgan fingerprint density at radius 2 is 1.69 bits per heavy atom. The number of hydrogen-bond donors (Lipinski definition) is 0. The molecule has 1 nitrogen and oxygen atoms in total. The minimum absolute atomic E-state index is 1.01. The average Bonchev–Trinajstić information content (AvgIpc) is 2.37. The van der Waals surface area contributed by atoms with Crippen LogP contribution in [0.2, 0.25) is 0 Å². The first-order valence-electron chi connectivity index (χ1n) is 5.70. The molecule has 3 rings (SSSR count). The van der Waals surface area contributed by atoms with Crippen LogP contribution in [-0.4, -0.2) is 0 Å². The van der Waals surface area contributed by atoms with Crippen LogP contribution in [0.15, 0.2) is 54.7 Å². The van der Waals surface area contributed by atoms with Crippen molar-refractivity contribution in [3.05, 3.63) is 54.7 Å². The molecule has 0 aliphatic heterocycles. The van der Waals surface area contributed by atoms with E-state index in [4.69, 9.17) is 0 Å². The Balaban J connectivity index is 2.52. The van der Waals surface area contributed by atoms with Crippen molar-refractivity contribution < 1.29 is 4.57 Å². The van der Waals surface area contributed by atoms with E-state index in [2.05, 4.69) is 66.2 Å². The molecular formula is C15H14N+. The van der Waals surface area contributed by atoms with E-state index in [0.29, 0.717) is 0 Å². The molecule has 0 saturated carbocycles. The minimum atomic E-state index is 1.01. The lowest BCUT2D eigenvalue weighted by atomic mass is 10.1. The number of aryl methyl sites for hydroxylation is 1. The molecule has 0 spiro atoms. The van der Waals surface area contributed by atoms with Gasteiger partial charge in [-0.15, -0.1) is 0 Å². The van der Waals surface area contributed by atoms with E-state index in [0.717, 1.165) is 6.54 Å². The molecule has 0 atom stereocenters. The van der Waals surface area contributed by atoms with Crippen LogP contribution in [0, 0.1) is 0 Å². The van der Waals surface area contributed by atoms with Crippen LogP contribution >= 0.6 is 0 Å². The molecule has 0 unspecified atom stereocenters. The molecule has 2 aromatic carbocycles. The highest BCUT2D eigenvalue weighted by Crippen LogP contribution is 2.22. The number of pyridine rings is 1. The number of fused-ring (bicyclic) bond motifs is 3. The highest BCUT2D eigenvalue weighted by atomic mass is 14.9. The molecule has 0 fully saturated rings. The predicted octanol–water partition coefficient (Wildman–Crippen LogP) is 3.30. The van der Waals surface area contributed by atoms with Crippen molar-refractivity contribution in [1.29, 1.82) is 0 Å². The Morgan fingerprint density at radius 3 is 2.56 bits per heavy atom. The Hall–Kier alpha value is -1.89. The smallest absolute Gasteiger partial charge is 0.199 e. The molecule has 0 N–H and O–H groups in total. The zero-order valence-electron chi connectivity index (χ0n) is 9.35. The maximum Gasteiger partial charge on any atom is 0.213 e. The molecule has 0 aliphatic carbocycles. The minimum Gasteiger partial charge on any atom is -0.199 e. The molecule has 1 heterocycles. The first-order valence-corrected chi connectivity index (χ1v) is 5.70. The summed E-state index contributed by atoms with van der Waals surface area (Å²) in [6.07, 6.45) is 2.14. The number of aromatic nitrogens is 1. The zero-order valence-corrected chi connectivity index (χ0v) is 9.35. The van der Waals surface area contributed by atoms with E-state index >= 15 is 0 Å². The molecule has 0 bridgehead atoms. The van der Waals surface area contributed by atoms with E-state index in [-0.39, 0.29) is 0 Å². The van der Waals surface area contributed by atoms with Gasteiger partial charge in [0.1, 0.15) is 6.54 Å². The van der Waals surface area contributed by atoms with Crippen molar-refractivity contribution in [3.8, 4) is 0 Å². The van der Waals surface area contributed by atoms with Crippen molar-refractivity contribution in [2.45, 2.75) is 13.5 Å². The summed E-state index contributed by atoms with van der Waals surface area (Å²) in [5, 5.41) is 3.98. The highest BCUT2D eigenvalue weighted by Gasteiger charge is 2.08. The van der Waals surface area contributed by atoms with Crippen LogP contribution in [0.25, 0.3) is 21.7 Å². The number of nitrogens with zero attached hydrogens (tertiary/aromatic N) is 1. The monoisotopic (exact) mass is 208 g/mol. The summed E-state index contributed by atoms with van der Waals surface area (Å²) in [5.74, 6) is 0. The van der Waals surface area contributed by atoms with Gasteiger partial charge in [-0.25, -0.2) is 0 Å². The number of hydrogen-bond acceptors (Lipinski definition) is 0. The van der Waals surface area contributed by atoms with Crippen molar-refractivity contribution in [1.82, 2.24) is 0 Å². The zero-order chi connectivity index (χ0) is 11.0. The molecule has 1 heteroatoms. The normalized spacial score (nSPS) is 11.1. The Morgan fingerprint density at radius 1 is 0.875 bits per heavy atom. The van der Waals surface area contributed by atoms with E-state index in [1.807, 2.05) is 0 Å². The van der Waals surface area contributed by atoms with Crippen molar-refractivity contribution in [2.75, 3.05) is 0 Å². The summed E-state index contributed by atoms with van der Waals surface area (Å²) >= 11 is 0. The first kappa shape index (κ1) is 9.34. The Kier molecular flexibility index (Phi) is 2.10. The average molecular weight is 208 g/mol. The highest BCUT2D eigenvalue weighted by molar-refractivity contribution is 6.04. The van der Waals surface area contributed by atoms with Gasteiger partial charge in [-0.2, -0.15) is 4.57 Å². The lowest BCUT2D eigenvalue weighted by molar-refractivity contribution is -0.667. The van der Waals surface area contributed by atoms with Crippen LogP contribution in [-0.2, 0) is 6.54 Å². The fourth-order valence-corrected chi connectivity index (χ4v) is 2.31. The fourth-order valence-electron chi connectivity index (χ4n) is 2.31. The largest absolute Gasteiger partial charge is 0.213 e. The van der Waals surface area contributed by atoms with Gasteiger partial charge >= 0.3 is 0 Å². The van der Waals surface area contributed by atoms with Gasteiger partial charge in [0.2, 0.25) is 5.52 Å². The number of benzene rings is 2. The van der Waals surface area contributed by atoms with Gasteiger partial charge in [-0.3, -0.25) is 0 Å². The lowest BCUT2D eigenvalue weighted by Gasteiger charge is -2.02. The Bertz CT molecular complexity index is 656. The summed E-state index contributed by atoms with van der Waals surface area (Å²) in [6.45, 7) is 3.18.